The molecule has 1 rings (SSSR count). The van der Waals surface area contributed by atoms with E-state index in [0.29, 0.717) is 6.04 Å². The maximum Gasteiger partial charge on any atom is 0.317 e. The van der Waals surface area contributed by atoms with Crippen LogP contribution in [0.1, 0.15) is 33.1 Å². The normalized spacial score (nSPS) is 16.9. The van der Waals surface area contributed by atoms with E-state index in [9.17, 15) is 4.79 Å². The molecule has 0 aromatic carbocycles. The van der Waals surface area contributed by atoms with Gasteiger partial charge in [0.1, 0.15) is 0 Å². The number of hydrogen-bond acceptors (Lipinski definition) is 2. The van der Waals surface area contributed by atoms with E-state index < -0.39 is 0 Å². The molecule has 1 saturated heterocycles. The number of carbonyl (C=O) groups is 1. The van der Waals surface area contributed by atoms with E-state index >= 15 is 0 Å². The molecule has 0 saturated carbocycles. The summed E-state index contributed by atoms with van der Waals surface area (Å²) in [7, 11) is 2.08. The summed E-state index contributed by atoms with van der Waals surface area (Å²) in [6.45, 7) is 7.82. The second kappa shape index (κ2) is 6.74. The quantitative estimate of drug-likeness (QED) is 0.790. The molecule has 1 fully saturated rings. The minimum absolute atomic E-state index is 0.108. The van der Waals surface area contributed by atoms with Crippen LogP contribution in [0.2, 0.25) is 0 Å². The van der Waals surface area contributed by atoms with E-state index in [2.05, 4.69) is 31.1 Å². The number of nitrogens with zero attached hydrogens (tertiary/aromatic N) is 2. The summed E-state index contributed by atoms with van der Waals surface area (Å²) in [4.78, 5) is 15.9. The fourth-order valence-corrected chi connectivity index (χ4v) is 1.81. The Morgan fingerprint density at radius 2 is 1.94 bits per heavy atom. The molecule has 4 heteroatoms. The lowest BCUT2D eigenvalue weighted by Gasteiger charge is -2.27. The van der Waals surface area contributed by atoms with Gasteiger partial charge in [-0.3, -0.25) is 0 Å². The average Bonchev–Trinajstić information content (AvgIpc) is 2.29. The van der Waals surface area contributed by atoms with Crippen LogP contribution in [0, 0.1) is 0 Å². The van der Waals surface area contributed by atoms with Gasteiger partial charge in [0.05, 0.1) is 0 Å². The molecule has 0 aliphatic carbocycles. The first-order valence-corrected chi connectivity index (χ1v) is 6.34. The zero-order valence-corrected chi connectivity index (χ0v) is 10.8. The first-order valence-electron chi connectivity index (χ1n) is 6.34. The molecule has 1 heterocycles. The van der Waals surface area contributed by atoms with Gasteiger partial charge in [-0.2, -0.15) is 0 Å². The number of carbonyl (C=O) groups excluding carboxylic acids is 1. The Morgan fingerprint density at radius 3 is 2.50 bits per heavy atom. The Hall–Kier alpha value is -0.770. The minimum atomic E-state index is 0.108. The molecule has 1 aliphatic heterocycles. The van der Waals surface area contributed by atoms with Crippen LogP contribution < -0.4 is 5.32 Å². The average molecular weight is 227 g/mol. The third-order valence-electron chi connectivity index (χ3n) is 3.27. The van der Waals surface area contributed by atoms with Gasteiger partial charge in [0, 0.05) is 32.2 Å². The molecule has 4 nitrogen and oxygen atoms in total. The molecule has 16 heavy (non-hydrogen) atoms. The SMILES string of the molecule is CC(C)N(C)CCNC(=O)N1CCCCC1. The van der Waals surface area contributed by atoms with E-state index in [1.54, 1.807) is 0 Å². The minimum Gasteiger partial charge on any atom is -0.337 e. The summed E-state index contributed by atoms with van der Waals surface area (Å²) in [5, 5.41) is 2.98. The number of rotatable bonds is 4. The number of likely N-dealkylation sites (tertiary alicyclic amines) is 1. The van der Waals surface area contributed by atoms with Crippen molar-refractivity contribution in [2.45, 2.75) is 39.2 Å². The summed E-state index contributed by atoms with van der Waals surface area (Å²) < 4.78 is 0. The molecule has 2 amide bonds. The molecule has 1 N–H and O–H groups in total. The van der Waals surface area contributed by atoms with Gasteiger partial charge in [-0.15, -0.1) is 0 Å². The Labute approximate surface area is 99.0 Å². The lowest BCUT2D eigenvalue weighted by Crippen LogP contribution is -2.45. The fraction of sp³-hybridized carbons (Fsp3) is 0.917. The molecule has 0 unspecified atom stereocenters. The Bertz CT molecular complexity index is 212. The van der Waals surface area contributed by atoms with Crippen molar-refractivity contribution in [2.24, 2.45) is 0 Å². The zero-order chi connectivity index (χ0) is 12.0. The van der Waals surface area contributed by atoms with Gasteiger partial charge in [0.2, 0.25) is 0 Å². The largest absolute Gasteiger partial charge is 0.337 e. The van der Waals surface area contributed by atoms with Crippen LogP contribution >= 0.6 is 0 Å². The van der Waals surface area contributed by atoms with Gasteiger partial charge in [-0.05, 0) is 40.2 Å². The molecule has 0 atom stereocenters. The number of hydrogen-bond donors (Lipinski definition) is 1. The Balaban J connectivity index is 2.14. The van der Waals surface area contributed by atoms with Crippen molar-refractivity contribution in [3.05, 3.63) is 0 Å². The van der Waals surface area contributed by atoms with Crippen molar-refractivity contribution in [3.63, 3.8) is 0 Å². The summed E-state index contributed by atoms with van der Waals surface area (Å²) in [5.74, 6) is 0. The molecule has 94 valence electrons. The highest BCUT2D eigenvalue weighted by molar-refractivity contribution is 5.74. The van der Waals surface area contributed by atoms with Crippen molar-refractivity contribution >= 4 is 6.03 Å². The van der Waals surface area contributed by atoms with Gasteiger partial charge in [-0.25, -0.2) is 4.79 Å². The second-order valence-electron chi connectivity index (χ2n) is 4.85. The molecule has 0 aromatic rings. The molecular formula is C12H25N3O. The topological polar surface area (TPSA) is 35.6 Å². The first kappa shape index (κ1) is 13.3. The second-order valence-corrected chi connectivity index (χ2v) is 4.85. The summed E-state index contributed by atoms with van der Waals surface area (Å²) in [6, 6.07) is 0.642. The molecule has 0 spiro atoms. The Morgan fingerprint density at radius 1 is 1.31 bits per heavy atom. The maximum atomic E-state index is 11.7. The summed E-state index contributed by atoms with van der Waals surface area (Å²) in [6.07, 6.45) is 3.57. The van der Waals surface area contributed by atoms with Crippen molar-refractivity contribution in [1.82, 2.24) is 15.1 Å². The fourth-order valence-electron chi connectivity index (χ4n) is 1.81. The van der Waals surface area contributed by atoms with Crippen LogP contribution in [0.25, 0.3) is 0 Å². The number of likely N-dealkylation sites (N-methyl/N-ethyl adjacent to an activating group) is 1. The molecule has 0 aromatic heterocycles. The van der Waals surface area contributed by atoms with Crippen molar-refractivity contribution in [2.75, 3.05) is 33.2 Å². The van der Waals surface area contributed by atoms with Crippen LogP contribution in [0.5, 0.6) is 0 Å². The summed E-state index contributed by atoms with van der Waals surface area (Å²) >= 11 is 0. The van der Waals surface area contributed by atoms with E-state index in [-0.39, 0.29) is 6.03 Å². The third kappa shape index (κ3) is 4.39. The third-order valence-corrected chi connectivity index (χ3v) is 3.27. The van der Waals surface area contributed by atoms with Crippen LogP contribution in [0.4, 0.5) is 4.79 Å². The number of nitrogens with one attached hydrogen (secondary N) is 1. The lowest BCUT2D eigenvalue weighted by molar-refractivity contribution is 0.183. The van der Waals surface area contributed by atoms with E-state index in [1.807, 2.05) is 4.90 Å². The number of piperidine rings is 1. The van der Waals surface area contributed by atoms with Crippen molar-refractivity contribution in [1.29, 1.82) is 0 Å². The molecule has 1 aliphatic rings. The zero-order valence-electron chi connectivity index (χ0n) is 10.8. The Kier molecular flexibility index (Phi) is 5.60. The van der Waals surface area contributed by atoms with Gasteiger partial charge >= 0.3 is 6.03 Å². The highest BCUT2D eigenvalue weighted by atomic mass is 16.2. The highest BCUT2D eigenvalue weighted by Crippen LogP contribution is 2.08. The van der Waals surface area contributed by atoms with Crippen LogP contribution in [-0.4, -0.2) is 55.1 Å². The molecule has 0 bridgehead atoms. The molecule has 0 radical (unpaired) electrons. The smallest absolute Gasteiger partial charge is 0.317 e. The highest BCUT2D eigenvalue weighted by Gasteiger charge is 2.15. The van der Waals surface area contributed by atoms with E-state index in [0.717, 1.165) is 39.0 Å². The monoisotopic (exact) mass is 227 g/mol. The van der Waals surface area contributed by atoms with Crippen LogP contribution in [0.15, 0.2) is 0 Å². The van der Waals surface area contributed by atoms with Gasteiger partial charge in [0.15, 0.2) is 0 Å². The van der Waals surface area contributed by atoms with E-state index in [4.69, 9.17) is 0 Å². The predicted octanol–water partition coefficient (Wildman–Crippen LogP) is 1.52. The maximum absolute atomic E-state index is 11.7. The number of urea groups is 1. The molecular weight excluding hydrogens is 202 g/mol. The van der Waals surface area contributed by atoms with Gasteiger partial charge in [0.25, 0.3) is 0 Å². The first-order chi connectivity index (χ1) is 7.61. The van der Waals surface area contributed by atoms with Gasteiger partial charge < -0.3 is 15.1 Å². The van der Waals surface area contributed by atoms with Crippen molar-refractivity contribution in [3.8, 4) is 0 Å². The van der Waals surface area contributed by atoms with E-state index in [1.165, 1.54) is 6.42 Å². The predicted molar refractivity (Wildman–Crippen MR) is 66.6 cm³/mol. The summed E-state index contributed by atoms with van der Waals surface area (Å²) in [5.41, 5.74) is 0. The lowest BCUT2D eigenvalue weighted by atomic mass is 10.1. The van der Waals surface area contributed by atoms with Crippen LogP contribution in [0.3, 0.4) is 0 Å². The van der Waals surface area contributed by atoms with Crippen molar-refractivity contribution < 1.29 is 4.79 Å². The standard InChI is InChI=1S/C12H25N3O/c1-11(2)14(3)10-7-13-12(16)15-8-5-4-6-9-15/h11H,4-10H2,1-3H3,(H,13,16). The van der Waals surface area contributed by atoms with Crippen LogP contribution in [-0.2, 0) is 0 Å². The van der Waals surface area contributed by atoms with Gasteiger partial charge in [-0.1, -0.05) is 0 Å². The number of amides is 2.